The Labute approximate surface area is 442 Å². The van der Waals surface area contributed by atoms with E-state index in [1.165, 1.54) is 33.5 Å². The van der Waals surface area contributed by atoms with Crippen molar-refractivity contribution < 1.29 is 56.4 Å². The molecule has 18 nitrogen and oxygen atoms in total. The molecule has 0 bridgehead atoms. The minimum absolute atomic E-state index is 0. The predicted octanol–water partition coefficient (Wildman–Crippen LogP) is 7.73. The van der Waals surface area contributed by atoms with Gasteiger partial charge in [0.15, 0.2) is 22.9 Å². The number of carbonyl (C=O) groups excluding carboxylic acids is 2. The number of hydrogen-bond acceptors (Lipinski definition) is 14. The van der Waals surface area contributed by atoms with Gasteiger partial charge in [-0.05, 0) is 83.9 Å². The molecule has 3 aliphatic heterocycles. The van der Waals surface area contributed by atoms with Gasteiger partial charge in [0.25, 0.3) is 0 Å². The minimum atomic E-state index is 0. The summed E-state index contributed by atoms with van der Waals surface area (Å²) >= 11 is 0. The number of piperazine rings is 1. The summed E-state index contributed by atoms with van der Waals surface area (Å²) in [6, 6.07) is 29.7. The van der Waals surface area contributed by atoms with Crippen LogP contribution in [0.1, 0.15) is 34.2 Å². The molecule has 364 valence electrons. The Morgan fingerprint density at radius 1 is 0.625 bits per heavy atom. The van der Waals surface area contributed by atoms with Crippen LogP contribution in [0.4, 0.5) is 28.7 Å². The Balaban J connectivity index is 0.000000195. The van der Waals surface area contributed by atoms with Crippen molar-refractivity contribution in [2.45, 2.75) is 25.9 Å². The molecule has 2 amide bonds. The van der Waals surface area contributed by atoms with Crippen LogP contribution in [0.2, 0.25) is 0 Å². The first-order valence-corrected chi connectivity index (χ1v) is 22.3. The number of hydroxylamine groups is 2. The number of carbonyl (C=O) groups is 2. The molecule has 2 radical (unpaired) electrons. The van der Waals surface area contributed by atoms with Crippen LogP contribution >= 0.6 is 0 Å². The molecule has 0 aliphatic carbocycles. The second kappa shape index (κ2) is 26.9. The van der Waals surface area contributed by atoms with Crippen molar-refractivity contribution in [1.82, 2.24) is 44.6 Å². The van der Waals surface area contributed by atoms with Crippen molar-refractivity contribution in [3.8, 4) is 22.5 Å². The first kappa shape index (κ1) is 54.2. The molecule has 72 heavy (non-hydrogen) atoms. The van der Waals surface area contributed by atoms with Crippen molar-refractivity contribution in [3.63, 3.8) is 0 Å². The zero-order chi connectivity index (χ0) is 48.7. The molecule has 3 aliphatic rings. The molecule has 4 N–H and O–H groups in total. The van der Waals surface area contributed by atoms with Crippen LogP contribution in [-0.2, 0) is 75.9 Å². The van der Waals surface area contributed by atoms with Crippen LogP contribution < -0.4 is 26.5 Å². The van der Waals surface area contributed by atoms with Gasteiger partial charge in [-0.25, -0.2) is 19.9 Å². The van der Waals surface area contributed by atoms with Gasteiger partial charge in [-0.1, -0.05) is 48.4 Å². The van der Waals surface area contributed by atoms with Gasteiger partial charge in [0.1, 0.15) is 0 Å². The number of nitrogens with one attached hydrogen (secondary N) is 4. The van der Waals surface area contributed by atoms with Crippen LogP contribution in [0.15, 0.2) is 132 Å². The summed E-state index contributed by atoms with van der Waals surface area (Å²) in [5, 5.41) is 6.91. The molecule has 1 saturated heterocycles. The van der Waals surface area contributed by atoms with Gasteiger partial charge in [0.05, 0.1) is 24.5 Å². The van der Waals surface area contributed by atoms with Gasteiger partial charge in [0.2, 0.25) is 12.8 Å². The Morgan fingerprint density at radius 2 is 1.10 bits per heavy atom. The quantitative estimate of drug-likeness (QED) is 0.0500. The summed E-state index contributed by atoms with van der Waals surface area (Å²) in [6.45, 7) is 9.37. The maximum absolute atomic E-state index is 9.13. The summed E-state index contributed by atoms with van der Waals surface area (Å²) in [5.74, 6) is 1.48. The number of nitrogens with zero attached hydrogens (tertiary/aromatic N) is 10. The van der Waals surface area contributed by atoms with Crippen molar-refractivity contribution in [2.75, 3.05) is 41.7 Å². The Hall–Kier alpha value is -7.15. The van der Waals surface area contributed by atoms with Crippen LogP contribution in [0.3, 0.4) is 0 Å². The van der Waals surface area contributed by atoms with E-state index in [0.717, 1.165) is 109 Å². The molecular formula is C52H52N14O4V2. The number of aromatic nitrogens is 6. The molecule has 1 fully saturated rings. The van der Waals surface area contributed by atoms with Crippen molar-refractivity contribution >= 4 is 65.2 Å². The Bertz CT molecular complexity index is 3070. The van der Waals surface area contributed by atoms with Gasteiger partial charge in [-0.3, -0.25) is 37.6 Å². The number of anilines is 5. The number of amides is 2. The Kier molecular flexibility index (Phi) is 20.2. The third-order valence-electron chi connectivity index (χ3n) is 11.4. The van der Waals surface area contributed by atoms with E-state index in [9.17, 15) is 0 Å². The zero-order valence-corrected chi connectivity index (χ0v) is 42.1. The van der Waals surface area contributed by atoms with E-state index in [1.807, 2.05) is 57.0 Å². The van der Waals surface area contributed by atoms with E-state index in [4.69, 9.17) is 19.6 Å². The largest absolute Gasteiger partial charge is 2.00 e. The van der Waals surface area contributed by atoms with E-state index in [0.29, 0.717) is 12.8 Å². The maximum Gasteiger partial charge on any atom is 2.00 e. The third kappa shape index (κ3) is 13.8. The molecule has 20 heteroatoms. The van der Waals surface area contributed by atoms with Gasteiger partial charge >= 0.3 is 37.1 Å². The average molecular weight is 1040 g/mol. The smallest absolute Gasteiger partial charge is 0.456 e. The fourth-order valence-electron chi connectivity index (χ4n) is 7.91. The van der Waals surface area contributed by atoms with E-state index >= 15 is 0 Å². The van der Waals surface area contributed by atoms with Gasteiger partial charge in [-0.2, -0.15) is 20.6 Å². The third-order valence-corrected chi connectivity index (χ3v) is 11.4. The topological polar surface area (TPSA) is 192 Å². The van der Waals surface area contributed by atoms with Crippen LogP contribution in [-0.4, -0.2) is 85.1 Å². The number of aliphatic imine (C=N–C) groups is 2. The molecule has 4 aromatic heterocycles. The van der Waals surface area contributed by atoms with Crippen molar-refractivity contribution in [2.24, 2.45) is 9.98 Å². The first-order valence-electron chi connectivity index (χ1n) is 22.3. The number of fused-ring (bicyclic) bond motifs is 4. The fraction of sp³-hybridized carbons (Fsp3) is 0.154. The minimum Gasteiger partial charge on any atom is -0.456 e. The van der Waals surface area contributed by atoms with Crippen molar-refractivity contribution in [1.29, 1.82) is 0 Å². The van der Waals surface area contributed by atoms with Gasteiger partial charge in [0, 0.05) is 90.9 Å². The normalized spacial score (nSPS) is 12.9. The summed E-state index contributed by atoms with van der Waals surface area (Å²) in [5.41, 5.74) is 18.5. The second-order valence-corrected chi connectivity index (χ2v) is 16.0. The molecule has 11 rings (SSSR count). The number of imidazole rings is 2. The number of benzene rings is 4. The maximum atomic E-state index is 9.13. The molecular weight excluding hydrogens is 987 g/mol. The summed E-state index contributed by atoms with van der Waals surface area (Å²) in [7, 11) is 9.69. The van der Waals surface area contributed by atoms with E-state index in [-0.39, 0.29) is 37.1 Å². The summed E-state index contributed by atoms with van der Waals surface area (Å²) in [6.07, 6.45) is 18.1. The van der Waals surface area contributed by atoms with Gasteiger partial charge in [-0.15, -0.1) is 0 Å². The zero-order valence-electron chi connectivity index (χ0n) is 39.3. The standard InChI is InChI=1S/C25H24N7.C23H20N5.2C2H4NO2.2V/c1-30-10-12-31(13-11-30)22-6-4-21(5-7-22)28-24-25-27-8-9-32(25)17-23(29-24)18-2-3-19-15-26-16-20(19)14-18;1-2-3-16-4-8-20(9-5-16)26-22-23-25-10-11-28(23)15-21(27-22)17-6-7-18-13-24-14-19(18)12-17;2*1-5-3-2-4;;/h2-9,14-15,17H,1,10-13,16H2,(H,28,29);4-13,15H,1-3,14H2,(H,26,27);2*2H,1H2,(H,3,4);;/q4*-1;2*+2. The van der Waals surface area contributed by atoms with Crippen LogP contribution in [0.5, 0.6) is 0 Å². The number of hydrogen-bond donors (Lipinski definition) is 4. The molecule has 0 unspecified atom stereocenters. The monoisotopic (exact) mass is 1040 g/mol. The predicted molar refractivity (Wildman–Crippen MR) is 273 cm³/mol. The van der Waals surface area contributed by atoms with E-state index in [2.05, 4.69) is 163 Å². The summed E-state index contributed by atoms with van der Waals surface area (Å²) < 4.78 is 4.02. The number of rotatable bonds is 13. The average Bonchev–Trinajstić information content (AvgIpc) is 4.24. The van der Waals surface area contributed by atoms with Gasteiger partial charge < -0.3 is 45.8 Å². The number of aryl methyl sites for hydroxylation is 1. The molecule has 7 heterocycles. The van der Waals surface area contributed by atoms with E-state index in [1.54, 1.807) is 12.4 Å². The van der Waals surface area contributed by atoms with E-state index < -0.39 is 0 Å². The van der Waals surface area contributed by atoms with Crippen LogP contribution in [0, 0.1) is 28.2 Å². The molecule has 0 saturated carbocycles. The summed E-state index contributed by atoms with van der Waals surface area (Å²) in [4.78, 5) is 57.9. The second-order valence-electron chi connectivity index (χ2n) is 16.0. The Morgan fingerprint density at radius 3 is 1.53 bits per heavy atom. The molecule has 0 spiro atoms. The van der Waals surface area contributed by atoms with Crippen LogP contribution in [0.25, 0.3) is 33.8 Å². The van der Waals surface area contributed by atoms with Crippen molar-refractivity contribution in [3.05, 3.63) is 178 Å². The molecule has 0 atom stereocenters. The SMILES string of the molecule is [CH2-]CCc1ccc(Nc2nc(-c3ccc4c(c3)CN=C4)cn3ccnc23)cc1.[CH2-]N1CCN(c2ccc(Nc3nc(-c4ccc5c(c4)CN=C5)cn4ccnc34)cc2)CC1.[CH2-]ONC=O.[CH2-]ONC=O.[V+2].[V+2]. The molecule has 8 aromatic rings. The molecule has 4 aromatic carbocycles. The fourth-order valence-corrected chi connectivity index (χ4v) is 7.91. The first-order chi connectivity index (χ1) is 34.4.